The fourth-order valence-corrected chi connectivity index (χ4v) is 2.43. The largest absolute Gasteiger partial charge is 0.469 e. The average molecular weight is 295 g/mol. The Labute approximate surface area is 122 Å². The van der Waals surface area contributed by atoms with Crippen LogP contribution in [0.15, 0.2) is 18.2 Å². The first kappa shape index (κ1) is 14.6. The molecule has 0 saturated carbocycles. The monoisotopic (exact) mass is 294 g/mol. The molecule has 0 radical (unpaired) electrons. The number of nitrogens with zero attached hydrogens (tertiary/aromatic N) is 2. The molecule has 2 rings (SSSR count). The molecule has 1 aliphatic heterocycles. The van der Waals surface area contributed by atoms with Gasteiger partial charge in [0.2, 0.25) is 0 Å². The number of nitriles is 1. The lowest BCUT2D eigenvalue weighted by Crippen LogP contribution is -2.43. The second kappa shape index (κ2) is 6.60. The number of hydrogen-bond acceptors (Lipinski definition) is 5. The summed E-state index contributed by atoms with van der Waals surface area (Å²) in [5.74, 6) is -0.302. The first-order valence-electron chi connectivity index (χ1n) is 6.27. The minimum atomic E-state index is -0.302. The van der Waals surface area contributed by atoms with E-state index in [0.29, 0.717) is 30.3 Å². The van der Waals surface area contributed by atoms with Gasteiger partial charge in [0.25, 0.3) is 0 Å². The number of carbonyl (C=O) groups is 1. The van der Waals surface area contributed by atoms with Gasteiger partial charge >= 0.3 is 5.97 Å². The van der Waals surface area contributed by atoms with Crippen molar-refractivity contribution in [2.45, 2.75) is 12.5 Å². The van der Waals surface area contributed by atoms with E-state index in [4.69, 9.17) is 16.3 Å². The maximum Gasteiger partial charge on any atom is 0.308 e. The van der Waals surface area contributed by atoms with Gasteiger partial charge in [-0.05, 0) is 12.1 Å². The molecule has 106 valence electrons. The van der Waals surface area contributed by atoms with Gasteiger partial charge in [-0.15, -0.1) is 0 Å². The third kappa shape index (κ3) is 3.21. The summed E-state index contributed by atoms with van der Waals surface area (Å²) in [7, 11) is 1.35. The van der Waals surface area contributed by atoms with Gasteiger partial charge < -0.3 is 14.4 Å². The molecule has 1 atom stereocenters. The number of esters is 1. The number of rotatable bonds is 3. The number of ether oxygens (including phenoxy) is 2. The van der Waals surface area contributed by atoms with Crippen molar-refractivity contribution in [1.82, 2.24) is 0 Å². The highest BCUT2D eigenvalue weighted by Gasteiger charge is 2.25. The second-order valence-corrected chi connectivity index (χ2v) is 4.87. The standard InChI is InChI=1S/C14H15ClN2O3/c1-19-14(18)7-10-9-17(5-6-20-10)13-4-2-3-12(15)11(13)8-16/h2-4,10H,5-7,9H2,1H3. The third-order valence-electron chi connectivity index (χ3n) is 3.20. The zero-order valence-electron chi connectivity index (χ0n) is 11.1. The highest BCUT2D eigenvalue weighted by Crippen LogP contribution is 2.28. The molecule has 1 heterocycles. The van der Waals surface area contributed by atoms with Gasteiger partial charge in [-0.2, -0.15) is 5.26 Å². The van der Waals surface area contributed by atoms with E-state index in [2.05, 4.69) is 10.8 Å². The summed E-state index contributed by atoms with van der Waals surface area (Å²) in [6.45, 7) is 1.69. The number of halogens is 1. The second-order valence-electron chi connectivity index (χ2n) is 4.46. The van der Waals surface area contributed by atoms with Crippen molar-refractivity contribution in [3.63, 3.8) is 0 Å². The summed E-state index contributed by atoms with van der Waals surface area (Å²) in [4.78, 5) is 13.3. The third-order valence-corrected chi connectivity index (χ3v) is 3.52. The van der Waals surface area contributed by atoms with Crippen molar-refractivity contribution in [2.75, 3.05) is 31.7 Å². The van der Waals surface area contributed by atoms with Gasteiger partial charge in [0.05, 0.1) is 42.5 Å². The highest BCUT2D eigenvalue weighted by molar-refractivity contribution is 6.32. The molecule has 1 fully saturated rings. The number of carbonyl (C=O) groups excluding carboxylic acids is 1. The molecule has 6 heteroatoms. The Kier molecular flexibility index (Phi) is 4.83. The number of benzene rings is 1. The topological polar surface area (TPSA) is 62.6 Å². The Morgan fingerprint density at radius 3 is 3.15 bits per heavy atom. The van der Waals surface area contributed by atoms with Crippen LogP contribution >= 0.6 is 11.6 Å². The molecule has 0 spiro atoms. The molecule has 1 aliphatic rings. The van der Waals surface area contributed by atoms with E-state index >= 15 is 0 Å². The average Bonchev–Trinajstić information content (AvgIpc) is 2.47. The Balaban J connectivity index is 2.15. The quantitative estimate of drug-likeness (QED) is 0.798. The van der Waals surface area contributed by atoms with Crippen LogP contribution in [0.4, 0.5) is 5.69 Å². The molecule has 0 N–H and O–H groups in total. The molecule has 1 saturated heterocycles. The predicted molar refractivity (Wildman–Crippen MR) is 74.8 cm³/mol. The fourth-order valence-electron chi connectivity index (χ4n) is 2.22. The van der Waals surface area contributed by atoms with E-state index in [-0.39, 0.29) is 18.5 Å². The minimum absolute atomic E-state index is 0.204. The Hall–Kier alpha value is -1.77. The van der Waals surface area contributed by atoms with Crippen LogP contribution in [0.3, 0.4) is 0 Å². The Morgan fingerprint density at radius 1 is 1.65 bits per heavy atom. The predicted octanol–water partition coefficient (Wildman–Crippen LogP) is 1.98. The van der Waals surface area contributed by atoms with Gasteiger partial charge in [-0.1, -0.05) is 17.7 Å². The molecular weight excluding hydrogens is 280 g/mol. The molecule has 1 unspecified atom stereocenters. The number of anilines is 1. The first-order chi connectivity index (χ1) is 9.65. The molecule has 1 aromatic carbocycles. The smallest absolute Gasteiger partial charge is 0.308 e. The zero-order valence-corrected chi connectivity index (χ0v) is 11.9. The van der Waals surface area contributed by atoms with Crippen LogP contribution in [0.25, 0.3) is 0 Å². The van der Waals surface area contributed by atoms with Crippen LogP contribution in [0, 0.1) is 11.3 Å². The zero-order chi connectivity index (χ0) is 14.5. The van der Waals surface area contributed by atoms with Crippen LogP contribution in [0.1, 0.15) is 12.0 Å². The van der Waals surface area contributed by atoms with Crippen molar-refractivity contribution in [2.24, 2.45) is 0 Å². The van der Waals surface area contributed by atoms with Crippen LogP contribution in [-0.4, -0.2) is 38.9 Å². The summed E-state index contributed by atoms with van der Waals surface area (Å²) >= 11 is 6.04. The van der Waals surface area contributed by atoms with Crippen LogP contribution < -0.4 is 4.90 Å². The molecule has 0 bridgehead atoms. The molecular formula is C14H15ClN2O3. The minimum Gasteiger partial charge on any atom is -0.469 e. The summed E-state index contributed by atoms with van der Waals surface area (Å²) in [5, 5.41) is 9.64. The van der Waals surface area contributed by atoms with E-state index in [9.17, 15) is 10.1 Å². The number of morpholine rings is 1. The number of hydrogen-bond donors (Lipinski definition) is 0. The van der Waals surface area contributed by atoms with Crippen LogP contribution in [-0.2, 0) is 14.3 Å². The molecule has 5 nitrogen and oxygen atoms in total. The normalized spacial score (nSPS) is 18.4. The van der Waals surface area contributed by atoms with E-state index in [1.54, 1.807) is 6.07 Å². The molecule has 0 amide bonds. The van der Waals surface area contributed by atoms with Gasteiger partial charge in [0.1, 0.15) is 6.07 Å². The van der Waals surface area contributed by atoms with Crippen molar-refractivity contribution in [1.29, 1.82) is 5.26 Å². The van der Waals surface area contributed by atoms with E-state index < -0.39 is 0 Å². The summed E-state index contributed by atoms with van der Waals surface area (Å²) in [6.07, 6.45) is -0.0307. The Morgan fingerprint density at radius 2 is 2.45 bits per heavy atom. The molecule has 1 aromatic rings. The number of methoxy groups -OCH3 is 1. The van der Waals surface area contributed by atoms with Crippen molar-refractivity contribution in [3.05, 3.63) is 28.8 Å². The van der Waals surface area contributed by atoms with E-state index in [1.165, 1.54) is 7.11 Å². The van der Waals surface area contributed by atoms with E-state index in [1.807, 2.05) is 17.0 Å². The maximum atomic E-state index is 11.3. The van der Waals surface area contributed by atoms with Crippen molar-refractivity contribution in [3.8, 4) is 6.07 Å². The van der Waals surface area contributed by atoms with Gasteiger partial charge in [-0.25, -0.2) is 0 Å². The van der Waals surface area contributed by atoms with Crippen LogP contribution in [0.5, 0.6) is 0 Å². The first-order valence-corrected chi connectivity index (χ1v) is 6.65. The summed E-state index contributed by atoms with van der Waals surface area (Å²) in [5.41, 5.74) is 1.23. The molecule has 0 aromatic heterocycles. The molecule has 0 aliphatic carbocycles. The van der Waals surface area contributed by atoms with Gasteiger partial charge in [0, 0.05) is 13.1 Å². The fraction of sp³-hybridized carbons (Fsp3) is 0.429. The SMILES string of the molecule is COC(=O)CC1CN(c2cccc(Cl)c2C#N)CCO1. The van der Waals surface area contributed by atoms with Crippen LogP contribution in [0.2, 0.25) is 5.02 Å². The lowest BCUT2D eigenvalue weighted by molar-refractivity contribution is -0.144. The summed E-state index contributed by atoms with van der Waals surface area (Å²) in [6, 6.07) is 7.47. The maximum absolute atomic E-state index is 11.3. The molecule has 20 heavy (non-hydrogen) atoms. The van der Waals surface area contributed by atoms with Gasteiger partial charge in [0.15, 0.2) is 0 Å². The highest BCUT2D eigenvalue weighted by atomic mass is 35.5. The van der Waals surface area contributed by atoms with Crippen molar-refractivity contribution >= 4 is 23.3 Å². The Bertz CT molecular complexity index is 542. The lowest BCUT2D eigenvalue weighted by atomic mass is 10.1. The van der Waals surface area contributed by atoms with Gasteiger partial charge in [-0.3, -0.25) is 4.79 Å². The van der Waals surface area contributed by atoms with E-state index in [0.717, 1.165) is 5.69 Å². The lowest BCUT2D eigenvalue weighted by Gasteiger charge is -2.34. The van der Waals surface area contributed by atoms with Crippen molar-refractivity contribution < 1.29 is 14.3 Å². The summed E-state index contributed by atoms with van der Waals surface area (Å²) < 4.78 is 10.2.